The van der Waals surface area contributed by atoms with Crippen LogP contribution in [0.3, 0.4) is 0 Å². The molecule has 0 fully saturated rings. The molecule has 0 saturated heterocycles. The van der Waals surface area contributed by atoms with Crippen molar-refractivity contribution >= 4 is 23.2 Å². The molecule has 0 atom stereocenters. The maximum Gasteiger partial charge on any atom is 0.309 e. The maximum atomic E-state index is 11.7. The molecule has 0 saturated carbocycles. The molecule has 0 aliphatic carbocycles. The average Bonchev–Trinajstić information content (AvgIpc) is 2.97. The van der Waals surface area contributed by atoms with Gasteiger partial charge in [0, 0.05) is 12.7 Å². The Morgan fingerprint density at radius 3 is 2.81 bits per heavy atom. The van der Waals surface area contributed by atoms with Gasteiger partial charge in [0.25, 0.3) is 0 Å². The fraction of sp³-hybridized carbons (Fsp3) is 0.364. The van der Waals surface area contributed by atoms with E-state index in [1.165, 1.54) is 10.9 Å². The molecule has 1 N–H and O–H groups in total. The van der Waals surface area contributed by atoms with Gasteiger partial charge in [-0.25, -0.2) is 0 Å². The number of amides is 1. The van der Waals surface area contributed by atoms with Crippen LogP contribution in [-0.4, -0.2) is 36.9 Å². The third kappa shape index (κ3) is 3.78. The van der Waals surface area contributed by atoms with Crippen LogP contribution in [0.1, 0.15) is 5.69 Å². The third-order valence-electron chi connectivity index (χ3n) is 2.83. The number of carbonyl (C=O) groups is 1. The normalized spacial score (nSPS) is 10.6. The van der Waals surface area contributed by atoms with E-state index < -0.39 is 4.92 Å². The zero-order valence-electron chi connectivity index (χ0n) is 11.2. The first-order chi connectivity index (χ1) is 9.97. The van der Waals surface area contributed by atoms with E-state index in [4.69, 9.17) is 11.6 Å². The number of aromatic nitrogens is 4. The molecule has 9 nitrogen and oxygen atoms in total. The van der Waals surface area contributed by atoms with E-state index in [0.29, 0.717) is 23.8 Å². The molecule has 0 spiro atoms. The molecule has 112 valence electrons. The van der Waals surface area contributed by atoms with Gasteiger partial charge in [0.1, 0.15) is 18.4 Å². The van der Waals surface area contributed by atoms with Crippen molar-refractivity contribution in [3.63, 3.8) is 0 Å². The standard InChI is InChI=1S/C11H13ClN6O3/c1-8-10(18(20)21)5-15-17(8)7-11(19)13-2-3-16-6-9(12)4-14-16/h4-6H,2-3,7H2,1H3,(H,13,19). The summed E-state index contributed by atoms with van der Waals surface area (Å²) < 4.78 is 2.89. The molecular formula is C11H13ClN6O3. The summed E-state index contributed by atoms with van der Waals surface area (Å²) in [5.74, 6) is -0.283. The largest absolute Gasteiger partial charge is 0.353 e. The van der Waals surface area contributed by atoms with Crippen LogP contribution in [0.5, 0.6) is 0 Å². The minimum Gasteiger partial charge on any atom is -0.353 e. The van der Waals surface area contributed by atoms with Crippen LogP contribution in [-0.2, 0) is 17.9 Å². The molecule has 0 aromatic carbocycles. The van der Waals surface area contributed by atoms with Crippen molar-refractivity contribution in [2.24, 2.45) is 0 Å². The first-order valence-electron chi connectivity index (χ1n) is 6.09. The van der Waals surface area contributed by atoms with Gasteiger partial charge in [-0.2, -0.15) is 10.2 Å². The lowest BCUT2D eigenvalue weighted by Crippen LogP contribution is -2.31. The highest BCUT2D eigenvalue weighted by atomic mass is 35.5. The Bertz CT molecular complexity index is 665. The smallest absolute Gasteiger partial charge is 0.309 e. The number of nitrogens with zero attached hydrogens (tertiary/aromatic N) is 5. The monoisotopic (exact) mass is 312 g/mol. The van der Waals surface area contributed by atoms with Gasteiger partial charge in [-0.1, -0.05) is 11.6 Å². The first kappa shape index (κ1) is 15.0. The first-order valence-corrected chi connectivity index (χ1v) is 6.46. The molecular weight excluding hydrogens is 300 g/mol. The van der Waals surface area contributed by atoms with E-state index in [9.17, 15) is 14.9 Å². The Morgan fingerprint density at radius 1 is 1.48 bits per heavy atom. The van der Waals surface area contributed by atoms with Gasteiger partial charge in [0.2, 0.25) is 5.91 Å². The lowest BCUT2D eigenvalue weighted by Gasteiger charge is -2.06. The molecule has 2 aromatic rings. The molecule has 0 unspecified atom stereocenters. The Balaban J connectivity index is 1.83. The van der Waals surface area contributed by atoms with E-state index in [2.05, 4.69) is 15.5 Å². The second-order valence-corrected chi connectivity index (χ2v) is 4.74. The van der Waals surface area contributed by atoms with Crippen LogP contribution in [0.4, 0.5) is 5.69 Å². The van der Waals surface area contributed by atoms with Crippen molar-refractivity contribution in [2.45, 2.75) is 20.0 Å². The predicted octanol–water partition coefficient (Wildman–Crippen LogP) is 0.766. The van der Waals surface area contributed by atoms with Crippen molar-refractivity contribution in [1.82, 2.24) is 24.9 Å². The maximum absolute atomic E-state index is 11.7. The number of halogens is 1. The highest BCUT2D eigenvalue weighted by Crippen LogP contribution is 2.15. The minimum atomic E-state index is -0.530. The SMILES string of the molecule is Cc1c([N+](=O)[O-])cnn1CC(=O)NCCn1cc(Cl)cn1. The summed E-state index contributed by atoms with van der Waals surface area (Å²) in [6, 6.07) is 0. The molecule has 2 heterocycles. The molecule has 0 aliphatic rings. The van der Waals surface area contributed by atoms with E-state index in [0.717, 1.165) is 6.20 Å². The Morgan fingerprint density at radius 2 is 2.24 bits per heavy atom. The van der Waals surface area contributed by atoms with E-state index in [1.54, 1.807) is 17.8 Å². The van der Waals surface area contributed by atoms with Crippen molar-refractivity contribution in [2.75, 3.05) is 6.54 Å². The van der Waals surface area contributed by atoms with Crippen LogP contribution >= 0.6 is 11.6 Å². The van der Waals surface area contributed by atoms with Crippen LogP contribution < -0.4 is 5.32 Å². The highest BCUT2D eigenvalue weighted by Gasteiger charge is 2.17. The van der Waals surface area contributed by atoms with E-state index in [1.807, 2.05) is 0 Å². The quantitative estimate of drug-likeness (QED) is 0.626. The summed E-state index contributed by atoms with van der Waals surface area (Å²) in [4.78, 5) is 21.9. The minimum absolute atomic E-state index is 0.0699. The summed E-state index contributed by atoms with van der Waals surface area (Å²) in [5, 5.41) is 21.7. The number of carbonyl (C=O) groups excluding carboxylic acids is 1. The Kier molecular flexibility index (Phi) is 4.53. The molecule has 2 rings (SSSR count). The average molecular weight is 313 g/mol. The molecule has 10 heteroatoms. The summed E-state index contributed by atoms with van der Waals surface area (Å²) in [6.07, 6.45) is 4.29. The van der Waals surface area contributed by atoms with Gasteiger partial charge in [-0.05, 0) is 6.92 Å². The van der Waals surface area contributed by atoms with Gasteiger partial charge in [0.15, 0.2) is 0 Å². The number of nitrogens with one attached hydrogen (secondary N) is 1. The highest BCUT2D eigenvalue weighted by molar-refractivity contribution is 6.30. The number of nitro groups is 1. The molecule has 0 aliphatic heterocycles. The van der Waals surface area contributed by atoms with Gasteiger partial charge in [0.05, 0.1) is 22.7 Å². The van der Waals surface area contributed by atoms with Crippen LogP contribution in [0.15, 0.2) is 18.6 Å². The summed E-state index contributed by atoms with van der Waals surface area (Å²) in [7, 11) is 0. The second-order valence-electron chi connectivity index (χ2n) is 4.30. The predicted molar refractivity (Wildman–Crippen MR) is 73.9 cm³/mol. The Labute approximate surface area is 124 Å². The van der Waals surface area contributed by atoms with Gasteiger partial charge in [-0.3, -0.25) is 24.3 Å². The topological polar surface area (TPSA) is 108 Å². The lowest BCUT2D eigenvalue weighted by molar-refractivity contribution is -0.385. The zero-order chi connectivity index (χ0) is 15.4. The molecule has 0 radical (unpaired) electrons. The zero-order valence-corrected chi connectivity index (χ0v) is 11.9. The molecule has 1 amide bonds. The summed E-state index contributed by atoms with van der Waals surface area (Å²) in [6.45, 7) is 2.33. The fourth-order valence-corrected chi connectivity index (χ4v) is 1.89. The van der Waals surface area contributed by atoms with Crippen LogP contribution in [0.2, 0.25) is 5.02 Å². The van der Waals surface area contributed by atoms with Gasteiger partial charge >= 0.3 is 5.69 Å². The van der Waals surface area contributed by atoms with Crippen molar-refractivity contribution in [1.29, 1.82) is 0 Å². The van der Waals surface area contributed by atoms with Crippen molar-refractivity contribution in [3.05, 3.63) is 39.4 Å². The number of rotatable bonds is 6. The summed E-state index contributed by atoms with van der Waals surface area (Å²) >= 11 is 5.72. The third-order valence-corrected chi connectivity index (χ3v) is 3.03. The van der Waals surface area contributed by atoms with E-state index in [-0.39, 0.29) is 18.1 Å². The van der Waals surface area contributed by atoms with Crippen molar-refractivity contribution < 1.29 is 9.72 Å². The van der Waals surface area contributed by atoms with Crippen LogP contribution in [0, 0.1) is 17.0 Å². The number of hydrogen-bond acceptors (Lipinski definition) is 5. The molecule has 2 aromatic heterocycles. The summed E-state index contributed by atoms with van der Waals surface area (Å²) in [5.41, 5.74) is 0.239. The van der Waals surface area contributed by atoms with Gasteiger partial charge < -0.3 is 5.32 Å². The van der Waals surface area contributed by atoms with Crippen molar-refractivity contribution in [3.8, 4) is 0 Å². The fourth-order valence-electron chi connectivity index (χ4n) is 1.74. The second kappa shape index (κ2) is 6.35. The van der Waals surface area contributed by atoms with Gasteiger partial charge in [-0.15, -0.1) is 0 Å². The molecule has 0 bridgehead atoms. The lowest BCUT2D eigenvalue weighted by atomic mass is 10.4. The Hall–Kier alpha value is -2.42. The molecule has 21 heavy (non-hydrogen) atoms. The number of hydrogen-bond donors (Lipinski definition) is 1. The van der Waals surface area contributed by atoms with Crippen LogP contribution in [0.25, 0.3) is 0 Å². The van der Waals surface area contributed by atoms with E-state index >= 15 is 0 Å².